The summed E-state index contributed by atoms with van der Waals surface area (Å²) in [5, 5.41) is 10.6. The largest absolute Gasteiger partial charge is 0.385 e. The molecule has 1 aliphatic heterocycles. The molecule has 14 heavy (non-hydrogen) atoms. The van der Waals surface area contributed by atoms with Gasteiger partial charge < -0.3 is 10.1 Å². The van der Waals surface area contributed by atoms with Crippen molar-refractivity contribution in [2.24, 2.45) is 0 Å². The molecule has 2 heterocycles. The predicted molar refractivity (Wildman–Crippen MR) is 55.7 cm³/mol. The molecule has 1 aromatic heterocycles. The molecule has 0 atom stereocenters. The molecule has 0 aliphatic carbocycles. The van der Waals surface area contributed by atoms with E-state index in [1.807, 2.05) is 14.0 Å². The van der Waals surface area contributed by atoms with Crippen molar-refractivity contribution in [3.05, 3.63) is 11.4 Å². The zero-order chi connectivity index (χ0) is 9.97. The number of ether oxygens (including phenoxy) is 1. The fourth-order valence-corrected chi connectivity index (χ4v) is 2.03. The van der Waals surface area contributed by atoms with Crippen LogP contribution in [-0.4, -0.2) is 30.5 Å². The summed E-state index contributed by atoms with van der Waals surface area (Å²) >= 11 is 0. The normalized spacial score (nSPS) is 18.4. The van der Waals surface area contributed by atoms with Crippen LogP contribution in [-0.2, 0) is 4.74 Å². The molecule has 0 unspecified atom stereocenters. The van der Waals surface area contributed by atoms with Gasteiger partial charge in [-0.1, -0.05) is 0 Å². The average Bonchev–Trinajstić information content (AvgIpc) is 2.61. The minimum Gasteiger partial charge on any atom is -0.385 e. The van der Waals surface area contributed by atoms with Gasteiger partial charge in [-0.15, -0.1) is 0 Å². The Balaban J connectivity index is 2.21. The first-order chi connectivity index (χ1) is 6.83. The fourth-order valence-electron chi connectivity index (χ4n) is 2.03. The van der Waals surface area contributed by atoms with Gasteiger partial charge in [0.2, 0.25) is 0 Å². The Morgan fingerprint density at radius 1 is 1.43 bits per heavy atom. The molecule has 2 rings (SSSR count). The summed E-state index contributed by atoms with van der Waals surface area (Å²) in [4.78, 5) is 0. The van der Waals surface area contributed by atoms with Crippen molar-refractivity contribution in [2.45, 2.75) is 25.7 Å². The van der Waals surface area contributed by atoms with E-state index in [4.69, 9.17) is 4.74 Å². The van der Waals surface area contributed by atoms with E-state index in [0.717, 1.165) is 37.4 Å². The van der Waals surface area contributed by atoms with E-state index in [1.165, 1.54) is 5.69 Å². The summed E-state index contributed by atoms with van der Waals surface area (Å²) < 4.78 is 5.34. The van der Waals surface area contributed by atoms with Crippen molar-refractivity contribution in [2.75, 3.05) is 25.6 Å². The van der Waals surface area contributed by atoms with Crippen molar-refractivity contribution >= 4 is 5.69 Å². The number of nitrogens with one attached hydrogen (secondary N) is 2. The second kappa shape index (κ2) is 4.00. The van der Waals surface area contributed by atoms with E-state index in [9.17, 15) is 0 Å². The monoisotopic (exact) mass is 195 g/mol. The maximum atomic E-state index is 5.34. The van der Waals surface area contributed by atoms with Crippen LogP contribution in [0, 0.1) is 6.92 Å². The number of hydrogen-bond acceptors (Lipinski definition) is 3. The molecule has 0 spiro atoms. The van der Waals surface area contributed by atoms with Crippen molar-refractivity contribution in [1.29, 1.82) is 0 Å². The number of H-pyrrole nitrogens is 1. The molecule has 4 heteroatoms. The number of rotatable bonds is 2. The van der Waals surface area contributed by atoms with Crippen LogP contribution in [0.25, 0.3) is 0 Å². The lowest BCUT2D eigenvalue weighted by molar-refractivity contribution is 0.0846. The van der Waals surface area contributed by atoms with Crippen molar-refractivity contribution in [3.8, 4) is 0 Å². The van der Waals surface area contributed by atoms with Gasteiger partial charge in [0.05, 0.1) is 17.1 Å². The Morgan fingerprint density at radius 3 is 2.79 bits per heavy atom. The number of hydrogen-bond donors (Lipinski definition) is 2. The van der Waals surface area contributed by atoms with Crippen LogP contribution in [0.3, 0.4) is 0 Å². The van der Waals surface area contributed by atoms with E-state index in [1.54, 1.807) is 0 Å². The summed E-state index contributed by atoms with van der Waals surface area (Å²) in [6.07, 6.45) is 2.16. The molecule has 4 nitrogen and oxygen atoms in total. The summed E-state index contributed by atoms with van der Waals surface area (Å²) in [5.74, 6) is 0.552. The minimum absolute atomic E-state index is 0.552. The highest BCUT2D eigenvalue weighted by Crippen LogP contribution is 2.31. The summed E-state index contributed by atoms with van der Waals surface area (Å²) in [6, 6.07) is 0. The molecule has 0 aromatic carbocycles. The molecule has 2 N–H and O–H groups in total. The lowest BCUT2D eigenvalue weighted by Gasteiger charge is -2.21. The summed E-state index contributed by atoms with van der Waals surface area (Å²) in [6.45, 7) is 3.76. The van der Waals surface area contributed by atoms with Crippen LogP contribution in [0.15, 0.2) is 0 Å². The summed E-state index contributed by atoms with van der Waals surface area (Å²) in [5.41, 5.74) is 3.46. The molecule has 78 valence electrons. The van der Waals surface area contributed by atoms with E-state index in [0.29, 0.717) is 5.92 Å². The van der Waals surface area contributed by atoms with Gasteiger partial charge in [0, 0.05) is 26.2 Å². The van der Waals surface area contributed by atoms with E-state index in [-0.39, 0.29) is 0 Å². The van der Waals surface area contributed by atoms with Gasteiger partial charge in [-0.05, 0) is 19.8 Å². The molecule has 0 amide bonds. The first-order valence-corrected chi connectivity index (χ1v) is 5.13. The Labute approximate surface area is 84.0 Å². The summed E-state index contributed by atoms with van der Waals surface area (Å²) in [7, 11) is 1.95. The number of aryl methyl sites for hydroxylation is 1. The molecule has 1 aromatic rings. The zero-order valence-corrected chi connectivity index (χ0v) is 8.76. The Bertz CT molecular complexity index is 302. The molecular weight excluding hydrogens is 178 g/mol. The first-order valence-electron chi connectivity index (χ1n) is 5.13. The van der Waals surface area contributed by atoms with Crippen LogP contribution >= 0.6 is 0 Å². The van der Waals surface area contributed by atoms with E-state index < -0.39 is 0 Å². The van der Waals surface area contributed by atoms with Crippen LogP contribution < -0.4 is 5.32 Å². The van der Waals surface area contributed by atoms with Crippen LogP contribution in [0.4, 0.5) is 5.69 Å². The predicted octanol–water partition coefficient (Wildman–Crippen LogP) is 1.65. The zero-order valence-electron chi connectivity index (χ0n) is 8.76. The molecular formula is C10H17N3O. The minimum atomic E-state index is 0.552. The molecule has 0 saturated carbocycles. The average molecular weight is 195 g/mol. The van der Waals surface area contributed by atoms with Gasteiger partial charge in [0.25, 0.3) is 0 Å². The molecule has 1 aliphatic rings. The molecule has 1 saturated heterocycles. The van der Waals surface area contributed by atoms with Crippen molar-refractivity contribution in [3.63, 3.8) is 0 Å². The van der Waals surface area contributed by atoms with Crippen molar-refractivity contribution in [1.82, 2.24) is 10.2 Å². The topological polar surface area (TPSA) is 49.9 Å². The van der Waals surface area contributed by atoms with E-state index in [2.05, 4.69) is 15.5 Å². The second-order valence-corrected chi connectivity index (χ2v) is 3.75. The number of aromatic amines is 1. The first kappa shape index (κ1) is 9.52. The highest BCUT2D eigenvalue weighted by molar-refractivity contribution is 5.52. The molecule has 0 radical (unpaired) electrons. The standard InChI is InChI=1S/C10H17N3O/c1-7-9(11-2)10(13-12-7)8-3-5-14-6-4-8/h8,11H,3-6H2,1-2H3,(H,12,13). The van der Waals surface area contributed by atoms with Gasteiger partial charge in [-0.3, -0.25) is 5.10 Å². The van der Waals surface area contributed by atoms with Gasteiger partial charge in [0.1, 0.15) is 0 Å². The Kier molecular flexibility index (Phi) is 2.72. The highest BCUT2D eigenvalue weighted by Gasteiger charge is 2.22. The highest BCUT2D eigenvalue weighted by atomic mass is 16.5. The molecule has 1 fully saturated rings. The van der Waals surface area contributed by atoms with Crippen LogP contribution in [0.5, 0.6) is 0 Å². The maximum Gasteiger partial charge on any atom is 0.0888 e. The van der Waals surface area contributed by atoms with Crippen LogP contribution in [0.2, 0.25) is 0 Å². The third kappa shape index (κ3) is 1.62. The third-order valence-corrected chi connectivity index (χ3v) is 2.83. The number of anilines is 1. The third-order valence-electron chi connectivity index (χ3n) is 2.83. The molecule has 0 bridgehead atoms. The maximum absolute atomic E-state index is 5.34. The fraction of sp³-hybridized carbons (Fsp3) is 0.700. The number of aromatic nitrogens is 2. The van der Waals surface area contributed by atoms with E-state index >= 15 is 0 Å². The number of nitrogens with zero attached hydrogens (tertiary/aromatic N) is 1. The Morgan fingerprint density at radius 2 is 2.14 bits per heavy atom. The SMILES string of the molecule is CNc1c(C2CCOCC2)n[nH]c1C. The van der Waals surface area contributed by atoms with Gasteiger partial charge in [0.15, 0.2) is 0 Å². The van der Waals surface area contributed by atoms with Gasteiger partial charge in [-0.25, -0.2) is 0 Å². The van der Waals surface area contributed by atoms with Gasteiger partial charge >= 0.3 is 0 Å². The van der Waals surface area contributed by atoms with Crippen molar-refractivity contribution < 1.29 is 4.74 Å². The lowest BCUT2D eigenvalue weighted by atomic mass is 9.95. The Hall–Kier alpha value is -1.03. The quantitative estimate of drug-likeness (QED) is 0.754. The lowest BCUT2D eigenvalue weighted by Crippen LogP contribution is -2.15. The van der Waals surface area contributed by atoms with Crippen LogP contribution in [0.1, 0.15) is 30.1 Å². The second-order valence-electron chi connectivity index (χ2n) is 3.75. The van der Waals surface area contributed by atoms with Gasteiger partial charge in [-0.2, -0.15) is 5.10 Å². The smallest absolute Gasteiger partial charge is 0.0888 e.